The normalized spacial score (nSPS) is 11.6. The maximum absolute atomic E-state index is 12.6. The average molecular weight is 384 g/mol. The summed E-state index contributed by atoms with van der Waals surface area (Å²) in [6.07, 6.45) is 1.54. The van der Waals surface area contributed by atoms with E-state index in [1.165, 1.54) is 18.2 Å². The number of anilines is 1. The van der Waals surface area contributed by atoms with Crippen molar-refractivity contribution in [3.63, 3.8) is 0 Å². The lowest BCUT2D eigenvalue weighted by molar-refractivity contribution is 0.0698. The van der Waals surface area contributed by atoms with Crippen molar-refractivity contribution in [3.05, 3.63) is 59.2 Å². The zero-order valence-corrected chi connectivity index (χ0v) is 15.9. The predicted octanol–water partition coefficient (Wildman–Crippen LogP) is 3.80. The predicted molar refractivity (Wildman–Crippen MR) is 103 cm³/mol. The Balaban J connectivity index is 2.30. The van der Waals surface area contributed by atoms with Crippen molar-refractivity contribution < 1.29 is 18.9 Å². The average Bonchev–Trinajstić information content (AvgIpc) is 2.69. The Kier molecular flexibility index (Phi) is 6.85. The number of hydrogen-bond acceptors (Lipinski definition) is 4. The third-order valence-corrected chi connectivity index (χ3v) is 6.16. The molecule has 0 aliphatic rings. The van der Waals surface area contributed by atoms with E-state index in [2.05, 4.69) is 5.32 Å². The van der Waals surface area contributed by atoms with Crippen LogP contribution in [0.4, 0.5) is 5.69 Å². The van der Waals surface area contributed by atoms with E-state index in [0.717, 1.165) is 12.8 Å². The molecule has 0 aliphatic carbocycles. The summed E-state index contributed by atoms with van der Waals surface area (Å²) < 4.78 is 12.6. The van der Waals surface area contributed by atoms with Crippen LogP contribution >= 0.6 is 0 Å². The van der Waals surface area contributed by atoms with E-state index in [1.54, 1.807) is 24.3 Å². The molecular formula is C20H20N2O4S. The number of carbonyl (C=O) groups excluding carboxylic acids is 1. The second-order valence-electron chi connectivity index (χ2n) is 5.90. The Bertz CT molecular complexity index is 930. The van der Waals surface area contributed by atoms with Crippen molar-refractivity contribution >= 4 is 28.4 Å². The highest BCUT2D eigenvalue weighted by Crippen LogP contribution is 2.21. The molecule has 1 atom stereocenters. The standard InChI is InChI=1S/C20H20N2O4S/c1-3-15(4-2)27(26)16-7-5-6-14(11-16)19(23)22-18-9-8-13(12-21)10-17(18)20(24)25/h5-11,15H,3-4H2,1-2H3,(H,22,23)(H,24,25). The number of nitrogens with zero attached hydrogens (tertiary/aromatic N) is 1. The van der Waals surface area contributed by atoms with Crippen molar-refractivity contribution in [1.82, 2.24) is 0 Å². The zero-order chi connectivity index (χ0) is 20.0. The number of carboxylic acids is 1. The molecule has 0 aromatic heterocycles. The molecule has 2 rings (SSSR count). The molecule has 2 N–H and O–H groups in total. The van der Waals surface area contributed by atoms with Gasteiger partial charge in [0.25, 0.3) is 5.91 Å². The van der Waals surface area contributed by atoms with E-state index >= 15 is 0 Å². The molecule has 6 nitrogen and oxygen atoms in total. The molecule has 1 amide bonds. The van der Waals surface area contributed by atoms with Gasteiger partial charge in [0.2, 0.25) is 0 Å². The second-order valence-corrected chi connectivity index (χ2v) is 7.63. The SMILES string of the molecule is CCC(CC)S(=O)c1cccc(C(=O)Nc2ccc(C#N)cc2C(=O)O)c1. The quantitative estimate of drug-likeness (QED) is 0.755. The summed E-state index contributed by atoms with van der Waals surface area (Å²) in [4.78, 5) is 24.5. The number of nitriles is 1. The van der Waals surface area contributed by atoms with Crippen LogP contribution in [0.15, 0.2) is 47.4 Å². The largest absolute Gasteiger partial charge is 0.478 e. The first-order valence-electron chi connectivity index (χ1n) is 8.50. The topological polar surface area (TPSA) is 107 Å². The lowest BCUT2D eigenvalue weighted by atomic mass is 10.1. The Labute approximate surface area is 160 Å². The number of carboxylic acid groups (broad SMARTS) is 1. The zero-order valence-electron chi connectivity index (χ0n) is 15.1. The highest BCUT2D eigenvalue weighted by molar-refractivity contribution is 7.85. The number of carbonyl (C=O) groups is 2. The van der Waals surface area contributed by atoms with Gasteiger partial charge >= 0.3 is 5.97 Å². The molecule has 140 valence electrons. The summed E-state index contributed by atoms with van der Waals surface area (Å²) in [6.45, 7) is 3.95. The minimum Gasteiger partial charge on any atom is -0.478 e. The Hall–Kier alpha value is -2.98. The molecule has 0 aliphatic heterocycles. The van der Waals surface area contributed by atoms with E-state index < -0.39 is 22.7 Å². The molecule has 0 saturated carbocycles. The van der Waals surface area contributed by atoms with Crippen LogP contribution in [0.1, 0.15) is 53.0 Å². The van der Waals surface area contributed by atoms with Crippen molar-refractivity contribution in [2.45, 2.75) is 36.8 Å². The number of rotatable bonds is 7. The summed E-state index contributed by atoms with van der Waals surface area (Å²) in [5.41, 5.74) is 0.401. The Morgan fingerprint density at radius 1 is 1.19 bits per heavy atom. The molecule has 1 unspecified atom stereocenters. The molecule has 0 fully saturated rings. The number of amides is 1. The highest BCUT2D eigenvalue weighted by atomic mass is 32.2. The molecule has 0 saturated heterocycles. The van der Waals surface area contributed by atoms with Gasteiger partial charge in [0, 0.05) is 15.7 Å². The molecule has 0 heterocycles. The smallest absolute Gasteiger partial charge is 0.337 e. The van der Waals surface area contributed by atoms with Gasteiger partial charge in [-0.3, -0.25) is 9.00 Å². The van der Waals surface area contributed by atoms with Crippen molar-refractivity contribution in [1.29, 1.82) is 5.26 Å². The Morgan fingerprint density at radius 2 is 1.89 bits per heavy atom. The summed E-state index contributed by atoms with van der Waals surface area (Å²) >= 11 is 0. The van der Waals surface area contributed by atoms with Crippen molar-refractivity contribution in [2.75, 3.05) is 5.32 Å². The van der Waals surface area contributed by atoms with Crippen LogP contribution in [-0.2, 0) is 10.8 Å². The van der Waals surface area contributed by atoms with Crippen LogP contribution in [0.25, 0.3) is 0 Å². The van der Waals surface area contributed by atoms with Crippen molar-refractivity contribution in [2.24, 2.45) is 0 Å². The lowest BCUT2D eigenvalue weighted by Gasteiger charge is -2.13. The monoisotopic (exact) mass is 384 g/mol. The fraction of sp³-hybridized carbons (Fsp3) is 0.250. The van der Waals surface area contributed by atoms with Crippen LogP contribution in [0, 0.1) is 11.3 Å². The minimum atomic E-state index is -1.24. The van der Waals surface area contributed by atoms with Crippen molar-refractivity contribution in [3.8, 4) is 6.07 Å². The van der Waals surface area contributed by atoms with E-state index in [9.17, 15) is 18.9 Å². The van der Waals surface area contributed by atoms with Crippen LogP contribution in [-0.4, -0.2) is 26.4 Å². The third kappa shape index (κ3) is 4.80. The van der Waals surface area contributed by atoms with Crippen LogP contribution in [0.5, 0.6) is 0 Å². The molecule has 0 spiro atoms. The number of benzene rings is 2. The fourth-order valence-electron chi connectivity index (χ4n) is 2.64. The van der Waals surface area contributed by atoms with Gasteiger partial charge in [-0.15, -0.1) is 0 Å². The molecule has 2 aromatic carbocycles. The first-order valence-corrected chi connectivity index (χ1v) is 9.72. The summed E-state index contributed by atoms with van der Waals surface area (Å²) in [7, 11) is -1.22. The molecule has 2 aromatic rings. The third-order valence-electron chi connectivity index (χ3n) is 4.17. The summed E-state index contributed by atoms with van der Waals surface area (Å²) in [5.74, 6) is -1.75. The summed E-state index contributed by atoms with van der Waals surface area (Å²) in [5, 5.41) is 20.8. The maximum Gasteiger partial charge on any atom is 0.337 e. The van der Waals surface area contributed by atoms with Gasteiger partial charge in [-0.2, -0.15) is 5.26 Å². The van der Waals surface area contributed by atoms with Crippen LogP contribution in [0.3, 0.4) is 0 Å². The van der Waals surface area contributed by atoms with Gasteiger partial charge < -0.3 is 10.4 Å². The maximum atomic E-state index is 12.6. The van der Waals surface area contributed by atoms with E-state index in [0.29, 0.717) is 4.90 Å². The van der Waals surface area contributed by atoms with Gasteiger partial charge in [0.15, 0.2) is 0 Å². The molecule has 7 heteroatoms. The lowest BCUT2D eigenvalue weighted by Crippen LogP contribution is -2.17. The second kappa shape index (κ2) is 9.10. The van der Waals surface area contributed by atoms with Gasteiger partial charge in [0.05, 0.1) is 33.7 Å². The fourth-order valence-corrected chi connectivity index (χ4v) is 4.09. The molecule has 0 radical (unpaired) electrons. The van der Waals surface area contributed by atoms with Gasteiger partial charge in [0.1, 0.15) is 0 Å². The number of aromatic carboxylic acids is 1. The highest BCUT2D eigenvalue weighted by Gasteiger charge is 2.18. The first-order chi connectivity index (χ1) is 12.9. The van der Waals surface area contributed by atoms with Gasteiger partial charge in [-0.05, 0) is 49.2 Å². The number of hydrogen-bond donors (Lipinski definition) is 2. The van der Waals surface area contributed by atoms with Crippen LogP contribution in [0.2, 0.25) is 0 Å². The van der Waals surface area contributed by atoms with Gasteiger partial charge in [-0.25, -0.2) is 4.79 Å². The van der Waals surface area contributed by atoms with E-state index in [1.807, 2.05) is 19.9 Å². The first kappa shape index (κ1) is 20.3. The number of nitrogens with one attached hydrogen (secondary N) is 1. The van der Waals surface area contributed by atoms with E-state index in [4.69, 9.17) is 5.26 Å². The molecule has 0 bridgehead atoms. The molecular weight excluding hydrogens is 364 g/mol. The van der Waals surface area contributed by atoms with E-state index in [-0.39, 0.29) is 27.6 Å². The molecule has 27 heavy (non-hydrogen) atoms. The van der Waals surface area contributed by atoms with Crippen LogP contribution < -0.4 is 5.32 Å². The minimum absolute atomic E-state index is 0.0143. The van der Waals surface area contributed by atoms with Gasteiger partial charge in [-0.1, -0.05) is 19.9 Å². The summed E-state index contributed by atoms with van der Waals surface area (Å²) in [6, 6.07) is 12.4. The Morgan fingerprint density at radius 3 is 2.48 bits per heavy atom.